The lowest BCUT2D eigenvalue weighted by molar-refractivity contribution is -0.115. The number of anilines is 1. The predicted molar refractivity (Wildman–Crippen MR) is 186 cm³/mol. The summed E-state index contributed by atoms with van der Waals surface area (Å²) in [5.74, 6) is 1.56. The third-order valence-corrected chi connectivity index (χ3v) is 10.6. The first-order valence-corrected chi connectivity index (χ1v) is 16.6. The first-order valence-electron chi connectivity index (χ1n) is 16.6. The summed E-state index contributed by atoms with van der Waals surface area (Å²) in [5.41, 5.74) is 12.9. The number of aromatic nitrogens is 4. The summed E-state index contributed by atoms with van der Waals surface area (Å²) in [5, 5.41) is 1.97. The van der Waals surface area contributed by atoms with E-state index in [1.54, 1.807) is 23.8 Å². The summed E-state index contributed by atoms with van der Waals surface area (Å²) in [6.07, 6.45) is 4.56. The highest BCUT2D eigenvalue weighted by Crippen LogP contribution is 2.41. The van der Waals surface area contributed by atoms with Gasteiger partial charge in [-0.15, -0.1) is 0 Å². The van der Waals surface area contributed by atoms with Crippen LogP contribution in [0.2, 0.25) is 0 Å². The Morgan fingerprint density at radius 1 is 1.06 bits per heavy atom. The molecule has 0 spiro atoms. The molecule has 3 fully saturated rings. The van der Waals surface area contributed by atoms with Crippen molar-refractivity contribution in [3.63, 3.8) is 0 Å². The summed E-state index contributed by atoms with van der Waals surface area (Å²) in [7, 11) is 21.0. The van der Waals surface area contributed by atoms with Crippen LogP contribution < -0.4 is 15.8 Å². The van der Waals surface area contributed by atoms with Crippen molar-refractivity contribution >= 4 is 63.1 Å². The van der Waals surface area contributed by atoms with Crippen molar-refractivity contribution in [3.05, 3.63) is 59.7 Å². The molecule has 9 rings (SSSR count). The average molecular weight is 631 g/mol. The van der Waals surface area contributed by atoms with Gasteiger partial charge in [-0.3, -0.25) is 9.59 Å². The Balaban J connectivity index is 1.19. The molecule has 10 nitrogen and oxygen atoms in total. The van der Waals surface area contributed by atoms with Crippen LogP contribution in [0, 0.1) is 11.8 Å². The fourth-order valence-corrected chi connectivity index (χ4v) is 8.05. The van der Waals surface area contributed by atoms with Crippen LogP contribution in [0.4, 0.5) is 5.69 Å². The number of carbonyl (C=O) groups is 2. The number of likely N-dealkylation sites (tertiary alicyclic amines) is 1. The normalized spacial score (nSPS) is 21.8. The molecule has 4 aliphatic rings. The third kappa shape index (κ3) is 4.61. The fourth-order valence-electron chi connectivity index (χ4n) is 8.05. The molecular formula is C35H32B3N7O3. The number of carbonyl (C=O) groups excluding carboxylic acids is 2. The fraction of sp³-hybridized carbons (Fsp3) is 0.371. The largest absolute Gasteiger partial charge is 0.494 e. The molecule has 2 unspecified atom stereocenters. The number of imidazole rings is 1. The van der Waals surface area contributed by atoms with Crippen LogP contribution in [0.3, 0.4) is 0 Å². The SMILES string of the molecule is [B]C([B])([B])n1c(-c2cc3ccc(-c4ccc5c(c4)CC(=O)N5)nc3n2CC2CC2)nc2cc(C(=O)N3CC4CCC3[C@@H]4N)cc(OC)c21. The van der Waals surface area contributed by atoms with E-state index >= 15 is 0 Å². The first kappa shape index (κ1) is 29.6. The predicted octanol–water partition coefficient (Wildman–Crippen LogP) is 3.27. The minimum Gasteiger partial charge on any atom is -0.494 e. The van der Waals surface area contributed by atoms with Gasteiger partial charge in [0.15, 0.2) is 5.82 Å². The molecule has 1 saturated heterocycles. The van der Waals surface area contributed by atoms with Crippen molar-refractivity contribution in [1.29, 1.82) is 0 Å². The monoisotopic (exact) mass is 631 g/mol. The molecule has 3 atom stereocenters. The molecule has 13 heteroatoms. The third-order valence-electron chi connectivity index (χ3n) is 10.6. The Morgan fingerprint density at radius 2 is 1.90 bits per heavy atom. The van der Waals surface area contributed by atoms with Crippen molar-refractivity contribution < 1.29 is 14.3 Å². The Labute approximate surface area is 281 Å². The maximum atomic E-state index is 13.9. The number of benzene rings is 2. The van der Waals surface area contributed by atoms with E-state index in [1.165, 1.54) is 0 Å². The van der Waals surface area contributed by atoms with E-state index in [2.05, 4.69) is 9.88 Å². The lowest BCUT2D eigenvalue weighted by Gasteiger charge is -2.28. The van der Waals surface area contributed by atoms with Crippen molar-refractivity contribution in [1.82, 2.24) is 24.0 Å². The minimum absolute atomic E-state index is 0.00383. The second kappa shape index (κ2) is 10.5. The molecule has 2 aliphatic heterocycles. The molecule has 6 radical (unpaired) electrons. The average Bonchev–Trinajstić information content (AvgIpc) is 3.33. The maximum absolute atomic E-state index is 13.9. The van der Waals surface area contributed by atoms with Gasteiger partial charge >= 0.3 is 0 Å². The van der Waals surface area contributed by atoms with Gasteiger partial charge in [0.05, 0.1) is 54.0 Å². The van der Waals surface area contributed by atoms with E-state index in [4.69, 9.17) is 44.0 Å². The smallest absolute Gasteiger partial charge is 0.254 e. The minimum atomic E-state index is -1.85. The molecule has 2 aromatic carbocycles. The van der Waals surface area contributed by atoms with E-state index in [-0.39, 0.29) is 23.9 Å². The van der Waals surface area contributed by atoms with Crippen molar-refractivity contribution in [2.75, 3.05) is 19.0 Å². The lowest BCUT2D eigenvalue weighted by atomic mass is 9.49. The van der Waals surface area contributed by atoms with Gasteiger partial charge in [0.2, 0.25) is 5.91 Å². The van der Waals surface area contributed by atoms with Crippen LogP contribution in [0.25, 0.3) is 44.8 Å². The molecule has 2 aliphatic carbocycles. The zero-order valence-corrected chi connectivity index (χ0v) is 26.6. The summed E-state index contributed by atoms with van der Waals surface area (Å²) in [6.45, 7) is 1.38. The van der Waals surface area contributed by atoms with Gasteiger partial charge in [0.25, 0.3) is 5.91 Å². The molecule has 2 saturated carbocycles. The van der Waals surface area contributed by atoms with Gasteiger partial charge < -0.3 is 29.8 Å². The van der Waals surface area contributed by atoms with Gasteiger partial charge in [0.1, 0.15) is 16.9 Å². The highest BCUT2D eigenvalue weighted by Gasteiger charge is 2.47. The second-order valence-electron chi connectivity index (χ2n) is 13.9. The molecular weight excluding hydrogens is 599 g/mol. The van der Waals surface area contributed by atoms with Gasteiger partial charge in [-0.1, -0.05) is 11.3 Å². The number of fused-ring (bicyclic) bond motifs is 5. The van der Waals surface area contributed by atoms with Crippen LogP contribution in [0.15, 0.2) is 48.5 Å². The van der Waals surface area contributed by atoms with Gasteiger partial charge in [0, 0.05) is 47.4 Å². The van der Waals surface area contributed by atoms with E-state index in [9.17, 15) is 9.59 Å². The number of pyridine rings is 1. The number of nitrogens with two attached hydrogens (primary N) is 1. The summed E-state index contributed by atoms with van der Waals surface area (Å²) in [4.78, 5) is 37.9. The number of nitrogens with one attached hydrogen (secondary N) is 1. The highest BCUT2D eigenvalue weighted by molar-refractivity contribution is 6.57. The maximum Gasteiger partial charge on any atom is 0.254 e. The van der Waals surface area contributed by atoms with Crippen molar-refractivity contribution in [2.24, 2.45) is 17.6 Å². The number of hydrogen-bond donors (Lipinski definition) is 2. The van der Waals surface area contributed by atoms with Gasteiger partial charge in [-0.2, -0.15) is 0 Å². The van der Waals surface area contributed by atoms with Crippen LogP contribution in [-0.4, -0.2) is 85.1 Å². The Morgan fingerprint density at radius 3 is 2.60 bits per heavy atom. The molecule has 234 valence electrons. The van der Waals surface area contributed by atoms with Gasteiger partial charge in [-0.05, 0) is 85.5 Å². The van der Waals surface area contributed by atoms with Crippen LogP contribution in [-0.2, 0) is 23.0 Å². The molecule has 3 N–H and O–H groups in total. The first-order chi connectivity index (χ1) is 23.1. The zero-order valence-electron chi connectivity index (χ0n) is 26.6. The topological polar surface area (TPSA) is 120 Å². The van der Waals surface area contributed by atoms with E-state index < -0.39 is 5.24 Å². The molecule has 5 aromatic rings. The number of amides is 2. The van der Waals surface area contributed by atoms with Crippen LogP contribution in [0.1, 0.15) is 41.6 Å². The van der Waals surface area contributed by atoms with Gasteiger partial charge in [-0.25, -0.2) is 9.97 Å². The van der Waals surface area contributed by atoms with Crippen LogP contribution in [0.5, 0.6) is 5.75 Å². The lowest BCUT2D eigenvalue weighted by Crippen LogP contribution is -2.41. The number of hydrogen-bond acceptors (Lipinski definition) is 6. The van der Waals surface area contributed by atoms with E-state index in [0.717, 1.165) is 71.5 Å². The molecule has 5 heterocycles. The number of ether oxygens (including phenoxy) is 1. The molecule has 3 aromatic heterocycles. The number of nitrogens with zero attached hydrogens (tertiary/aromatic N) is 5. The number of piperidine rings is 1. The number of methoxy groups -OCH3 is 1. The number of rotatable bonds is 7. The zero-order chi connectivity index (χ0) is 33.1. The summed E-state index contributed by atoms with van der Waals surface area (Å²) >= 11 is 0. The summed E-state index contributed by atoms with van der Waals surface area (Å²) < 4.78 is 9.60. The second-order valence-corrected chi connectivity index (χ2v) is 13.9. The Bertz CT molecular complexity index is 2180. The van der Waals surface area contributed by atoms with E-state index in [1.807, 2.05) is 41.3 Å². The molecule has 48 heavy (non-hydrogen) atoms. The quantitative estimate of drug-likeness (QED) is 0.267. The molecule has 2 bridgehead atoms. The van der Waals surface area contributed by atoms with E-state index in [0.29, 0.717) is 53.0 Å². The summed E-state index contributed by atoms with van der Waals surface area (Å²) in [6, 6.07) is 15.5. The molecule has 2 amide bonds. The van der Waals surface area contributed by atoms with Crippen LogP contribution >= 0.6 is 0 Å². The Hall–Kier alpha value is -4.51. The van der Waals surface area contributed by atoms with Crippen molar-refractivity contribution in [2.45, 2.75) is 56.0 Å². The van der Waals surface area contributed by atoms with Crippen molar-refractivity contribution in [3.8, 4) is 28.5 Å². The highest BCUT2D eigenvalue weighted by atomic mass is 16.5. The Kier molecular flexibility index (Phi) is 6.48. The standard InChI is InChI=1S/C35H32B3N7O3/c1-48-28-13-22(34(47)44-16-20-6-9-26(44)30(20)39)11-25-31(28)45(35(36,37)38)33(42-25)27-12-19-5-8-23(41-32(19)43(27)15-17-2-3-17)18-4-7-24-21(10-18)14-29(46)40-24/h4-5,7-8,10-13,17,20,26,30H,2-3,6,9,14-16,39H2,1H3,(H,40,46)/t20?,26?,30-/m1/s1.